The van der Waals surface area contributed by atoms with Crippen LogP contribution in [0.2, 0.25) is 0 Å². The lowest BCUT2D eigenvalue weighted by Crippen LogP contribution is -1.83. The molecule has 0 aliphatic carbocycles. The van der Waals surface area contributed by atoms with Gasteiger partial charge in [-0.3, -0.25) is 0 Å². The molecule has 0 atom stereocenters. The molecule has 0 heterocycles. The number of benzene rings is 15. The van der Waals surface area contributed by atoms with Crippen LogP contribution in [0.1, 0.15) is 141 Å². The molecule has 111 heavy (non-hydrogen) atoms. The SMILES string of the molecule is CC.CC.CC.CC.CC.CC.CC.CC.CC.COc1ccc2ccccc2c1.COc1cccc2ccccc12.COc1ccccc1.CSc1ccc2ccccc2c1.CSc1cccc2ccccc12.CSc1ccccc1.Cc1ccc2ccccc2c1.Cc1cccc2ccccc12.Cc1ccccc1. The van der Waals surface area contributed by atoms with E-state index in [1.165, 1.54) is 96.0 Å². The minimum absolute atomic E-state index is 0.910. The summed E-state index contributed by atoms with van der Waals surface area (Å²) < 4.78 is 15.3. The molecule has 0 amide bonds. The quantitative estimate of drug-likeness (QED) is 0.154. The summed E-state index contributed by atoms with van der Waals surface area (Å²) in [7, 11) is 5.04. The van der Waals surface area contributed by atoms with Crippen molar-refractivity contribution in [2.75, 3.05) is 40.1 Å². The smallest absolute Gasteiger partial charge is 0.126 e. The Morgan fingerprint density at radius 3 is 0.937 bits per heavy atom. The van der Waals surface area contributed by atoms with E-state index in [0.29, 0.717) is 0 Å². The highest BCUT2D eigenvalue weighted by atomic mass is 32.2. The van der Waals surface area contributed by atoms with E-state index in [1.807, 2.05) is 240 Å². The lowest BCUT2D eigenvalue weighted by atomic mass is 10.1. The molecule has 594 valence electrons. The number of hydrogen-bond acceptors (Lipinski definition) is 6. The lowest BCUT2D eigenvalue weighted by Gasteiger charge is -2.03. The molecule has 0 aliphatic rings. The van der Waals surface area contributed by atoms with Crippen LogP contribution in [0.4, 0.5) is 0 Å². The summed E-state index contributed by atoms with van der Waals surface area (Å²) in [6, 6.07) is 118. The molecule has 0 radical (unpaired) electrons. The largest absolute Gasteiger partial charge is 0.497 e. The summed E-state index contributed by atoms with van der Waals surface area (Å²) >= 11 is 5.35. The summed E-state index contributed by atoms with van der Waals surface area (Å²) in [5, 5.41) is 15.5. The van der Waals surface area contributed by atoms with Gasteiger partial charge in [0, 0.05) is 20.1 Å². The highest BCUT2D eigenvalue weighted by molar-refractivity contribution is 7.99. The van der Waals surface area contributed by atoms with Gasteiger partial charge in [0.2, 0.25) is 0 Å². The number of para-hydroxylation sites is 1. The first-order chi connectivity index (χ1) is 54.6. The second kappa shape index (κ2) is 73.1. The molecule has 0 bridgehead atoms. The Morgan fingerprint density at radius 1 is 0.198 bits per heavy atom. The Kier molecular flexibility index (Phi) is 69.5. The molecule has 6 heteroatoms. The van der Waals surface area contributed by atoms with Crippen LogP contribution in [-0.2, 0) is 0 Å². The van der Waals surface area contributed by atoms with Gasteiger partial charge < -0.3 is 14.2 Å². The maximum Gasteiger partial charge on any atom is 0.126 e. The van der Waals surface area contributed by atoms with Gasteiger partial charge >= 0.3 is 0 Å². The molecule has 0 aromatic heterocycles. The fourth-order valence-electron chi connectivity index (χ4n) is 9.68. The number of ether oxygens (including phenoxy) is 3. The Bertz CT molecular complexity index is 4350. The summed E-state index contributed by atoms with van der Waals surface area (Å²) in [6.07, 6.45) is 6.29. The van der Waals surface area contributed by atoms with Crippen LogP contribution in [0, 0.1) is 20.8 Å². The third-order valence-electron chi connectivity index (χ3n) is 14.7. The topological polar surface area (TPSA) is 27.7 Å². The zero-order valence-electron chi connectivity index (χ0n) is 72.9. The number of aryl methyl sites for hydroxylation is 3. The van der Waals surface area contributed by atoms with Gasteiger partial charge in [0.1, 0.15) is 17.2 Å². The maximum absolute atomic E-state index is 5.23. The second-order valence-electron chi connectivity index (χ2n) is 21.1. The van der Waals surface area contributed by atoms with Gasteiger partial charge in [-0.05, 0) is 165 Å². The van der Waals surface area contributed by atoms with E-state index in [4.69, 9.17) is 14.2 Å². The molecule has 0 spiro atoms. The van der Waals surface area contributed by atoms with Gasteiger partial charge in [0.15, 0.2) is 0 Å². The van der Waals surface area contributed by atoms with Crippen molar-refractivity contribution in [2.45, 2.75) is 160 Å². The third-order valence-corrected chi connectivity index (χ3v) is 16.9. The van der Waals surface area contributed by atoms with Gasteiger partial charge in [0.25, 0.3) is 0 Å². The third kappa shape index (κ3) is 43.5. The van der Waals surface area contributed by atoms with Crippen LogP contribution in [0.5, 0.6) is 17.2 Å². The average molecular weight is 1540 g/mol. The van der Waals surface area contributed by atoms with Crippen molar-refractivity contribution in [3.63, 3.8) is 0 Å². The molecular formula is C105H138O3S3. The van der Waals surface area contributed by atoms with Crippen molar-refractivity contribution in [3.8, 4) is 17.2 Å². The molecule has 15 aromatic rings. The van der Waals surface area contributed by atoms with Crippen LogP contribution in [0.3, 0.4) is 0 Å². The molecule has 0 saturated carbocycles. The van der Waals surface area contributed by atoms with Crippen molar-refractivity contribution in [1.82, 2.24) is 0 Å². The summed E-state index contributed by atoms with van der Waals surface area (Å²) in [6.45, 7) is 42.3. The highest BCUT2D eigenvalue weighted by Crippen LogP contribution is 2.27. The number of rotatable bonds is 6. The van der Waals surface area contributed by atoms with Gasteiger partial charge in [-0.25, -0.2) is 0 Å². The highest BCUT2D eigenvalue weighted by Gasteiger charge is 2.00. The number of methoxy groups -OCH3 is 3. The molecule has 0 saturated heterocycles. The van der Waals surface area contributed by atoms with Crippen LogP contribution in [-0.4, -0.2) is 40.1 Å². The molecular weight excluding hydrogens is 1410 g/mol. The first kappa shape index (κ1) is 105. The molecule has 15 aromatic carbocycles. The standard InChI is InChI=1S/2C11H10O.2C11H10S.2C11H10.C7H8O.C7H8S.C7H8.9C2H6/c1-12-11-8-4-6-9-5-2-3-7-10(9)11;1-12-11-7-6-9-4-2-3-5-10(9)8-11;1-12-11-8-4-6-9-5-2-3-7-10(9)11;1-12-11-7-6-9-4-2-3-5-10(9)8-11;1-9-5-4-7-10-6-2-3-8-11(9)10;1-9-6-7-10-4-2-3-5-11(10)8-9;2*1-8-7-5-3-2-4-6-7;1-7-5-3-2-4-6-7;9*1-2/h4*2-8H,1H3;2*2-8H,1H3;2*2-6H,1H3;2-6H,1H3;9*1-2H3. The van der Waals surface area contributed by atoms with E-state index in [-0.39, 0.29) is 0 Å². The normalized spacial score (nSPS) is 8.78. The lowest BCUT2D eigenvalue weighted by molar-refractivity contribution is 0.415. The fourth-order valence-corrected chi connectivity index (χ4v) is 11.2. The van der Waals surface area contributed by atoms with E-state index < -0.39 is 0 Å². The molecule has 3 nitrogen and oxygen atoms in total. The summed E-state index contributed by atoms with van der Waals surface area (Å²) in [5.41, 5.74) is 3.99. The molecule has 0 unspecified atom stereocenters. The predicted octanol–water partition coefficient (Wildman–Crippen LogP) is 34.5. The first-order valence-electron chi connectivity index (χ1n) is 39.8. The summed E-state index contributed by atoms with van der Waals surface area (Å²) in [5.74, 6) is 2.76. The maximum atomic E-state index is 5.23. The predicted molar refractivity (Wildman–Crippen MR) is 514 cm³/mol. The monoisotopic (exact) mass is 1540 g/mol. The second-order valence-corrected chi connectivity index (χ2v) is 23.7. The van der Waals surface area contributed by atoms with E-state index in [0.717, 1.165) is 17.2 Å². The van der Waals surface area contributed by atoms with Gasteiger partial charge in [0.05, 0.1) is 21.3 Å². The van der Waals surface area contributed by atoms with Crippen LogP contribution < -0.4 is 14.2 Å². The van der Waals surface area contributed by atoms with Crippen molar-refractivity contribution in [1.29, 1.82) is 0 Å². The van der Waals surface area contributed by atoms with E-state index >= 15 is 0 Å². The van der Waals surface area contributed by atoms with E-state index in [9.17, 15) is 0 Å². The van der Waals surface area contributed by atoms with Gasteiger partial charge in [-0.1, -0.05) is 421 Å². The van der Waals surface area contributed by atoms with Gasteiger partial charge in [-0.2, -0.15) is 0 Å². The fraction of sp³-hybridized carbons (Fsp3) is 0.257. The molecule has 15 rings (SSSR count). The van der Waals surface area contributed by atoms with Crippen LogP contribution in [0.25, 0.3) is 64.6 Å². The Labute approximate surface area is 689 Å². The number of hydrogen-bond donors (Lipinski definition) is 0. The van der Waals surface area contributed by atoms with Gasteiger partial charge in [-0.15, -0.1) is 35.3 Å². The minimum Gasteiger partial charge on any atom is -0.497 e. The van der Waals surface area contributed by atoms with Crippen molar-refractivity contribution in [3.05, 3.63) is 362 Å². The van der Waals surface area contributed by atoms with Crippen molar-refractivity contribution >= 4 is 99.9 Å². The van der Waals surface area contributed by atoms with Crippen LogP contribution in [0.15, 0.2) is 360 Å². The average Bonchev–Trinajstić information content (AvgIpc) is 0.865. The zero-order chi connectivity index (χ0) is 83.7. The summed E-state index contributed by atoms with van der Waals surface area (Å²) in [4.78, 5) is 4.01. The molecule has 0 aliphatic heterocycles. The Hall–Kier alpha value is -9.69. The first-order valence-corrected chi connectivity index (χ1v) is 43.5. The number of thioether (sulfide) groups is 3. The van der Waals surface area contributed by atoms with Crippen molar-refractivity contribution < 1.29 is 14.2 Å². The van der Waals surface area contributed by atoms with E-state index in [1.54, 1.807) is 56.6 Å². The van der Waals surface area contributed by atoms with Crippen LogP contribution >= 0.6 is 35.3 Å². The van der Waals surface area contributed by atoms with E-state index in [2.05, 4.69) is 270 Å². The molecule has 0 N–H and O–H groups in total. The zero-order valence-corrected chi connectivity index (χ0v) is 75.3. The number of fused-ring (bicyclic) bond motifs is 6. The van der Waals surface area contributed by atoms with Crippen molar-refractivity contribution in [2.24, 2.45) is 0 Å². The molecule has 0 fully saturated rings. The Morgan fingerprint density at radius 2 is 0.532 bits per heavy atom. The Balaban J connectivity index is -0.00000116. The minimum atomic E-state index is 0.910.